The quantitative estimate of drug-likeness (QED) is 0.655. The zero-order valence-corrected chi connectivity index (χ0v) is 7.76. The molecule has 0 radical (unpaired) electrons. The second-order valence-electron chi connectivity index (χ2n) is 3.15. The van der Waals surface area contributed by atoms with Gasteiger partial charge in [-0.25, -0.2) is 0 Å². The third kappa shape index (κ3) is 2.25. The van der Waals surface area contributed by atoms with Crippen molar-refractivity contribution >= 4 is 12.0 Å². The molecular formula is C11H13NO. The lowest BCUT2D eigenvalue weighted by Crippen LogP contribution is -1.97. The van der Waals surface area contributed by atoms with Gasteiger partial charge in [-0.1, -0.05) is 18.7 Å². The third-order valence-electron chi connectivity index (χ3n) is 2.08. The van der Waals surface area contributed by atoms with Crippen molar-refractivity contribution < 1.29 is 4.79 Å². The molecule has 1 N–H and O–H groups in total. The predicted octanol–water partition coefficient (Wildman–Crippen LogP) is 2.43. The second kappa shape index (κ2) is 3.99. The number of allylic oxidation sites excluding steroid dienone is 5. The van der Waals surface area contributed by atoms with Gasteiger partial charge < -0.3 is 5.41 Å². The summed E-state index contributed by atoms with van der Waals surface area (Å²) in [6.45, 7) is 5.29. The molecule has 0 amide bonds. The maximum atomic E-state index is 11.1. The Labute approximate surface area is 78.2 Å². The van der Waals surface area contributed by atoms with Gasteiger partial charge in [0.25, 0.3) is 0 Å². The zero-order valence-electron chi connectivity index (χ0n) is 7.76. The Balaban J connectivity index is 2.81. The topological polar surface area (TPSA) is 40.9 Å². The highest BCUT2D eigenvalue weighted by Crippen LogP contribution is 2.24. The van der Waals surface area contributed by atoms with Crippen molar-refractivity contribution in [2.45, 2.75) is 19.8 Å². The van der Waals surface area contributed by atoms with E-state index < -0.39 is 0 Å². The van der Waals surface area contributed by atoms with Crippen molar-refractivity contribution in [3.8, 4) is 0 Å². The Morgan fingerprint density at radius 2 is 2.46 bits per heavy atom. The minimum absolute atomic E-state index is 0.123. The summed E-state index contributed by atoms with van der Waals surface area (Å²) >= 11 is 0. The van der Waals surface area contributed by atoms with E-state index in [0.717, 1.165) is 23.1 Å². The van der Waals surface area contributed by atoms with E-state index in [0.29, 0.717) is 6.42 Å². The normalized spacial score (nSPS) is 14.8. The van der Waals surface area contributed by atoms with Gasteiger partial charge in [-0.3, -0.25) is 4.79 Å². The lowest BCUT2D eigenvalue weighted by Gasteiger charge is -2.02. The maximum Gasteiger partial charge on any atom is 0.156 e. The number of hydrogen-bond acceptors (Lipinski definition) is 2. The van der Waals surface area contributed by atoms with E-state index in [1.54, 1.807) is 6.92 Å². The van der Waals surface area contributed by atoms with Crippen LogP contribution in [0.3, 0.4) is 0 Å². The van der Waals surface area contributed by atoms with E-state index in [-0.39, 0.29) is 5.78 Å². The first-order chi connectivity index (χ1) is 6.15. The van der Waals surface area contributed by atoms with E-state index >= 15 is 0 Å². The third-order valence-corrected chi connectivity index (χ3v) is 2.08. The van der Waals surface area contributed by atoms with E-state index in [4.69, 9.17) is 5.41 Å². The lowest BCUT2D eigenvalue weighted by atomic mass is 10.0. The molecule has 2 heteroatoms. The van der Waals surface area contributed by atoms with Gasteiger partial charge in [0.05, 0.1) is 0 Å². The highest BCUT2D eigenvalue weighted by atomic mass is 16.1. The van der Waals surface area contributed by atoms with Gasteiger partial charge in [-0.15, -0.1) is 0 Å². The fraction of sp³-hybridized carbons (Fsp3) is 0.273. The van der Waals surface area contributed by atoms with Crippen LogP contribution in [0.25, 0.3) is 0 Å². The van der Waals surface area contributed by atoms with Crippen LogP contribution in [-0.2, 0) is 4.79 Å². The predicted molar refractivity (Wildman–Crippen MR) is 54.0 cm³/mol. The van der Waals surface area contributed by atoms with Crippen LogP contribution < -0.4 is 0 Å². The molecule has 0 saturated heterocycles. The molecule has 0 spiro atoms. The van der Waals surface area contributed by atoms with Crippen LogP contribution in [0.1, 0.15) is 19.8 Å². The van der Waals surface area contributed by atoms with Gasteiger partial charge in [0.1, 0.15) is 0 Å². The van der Waals surface area contributed by atoms with Gasteiger partial charge >= 0.3 is 0 Å². The Morgan fingerprint density at radius 1 is 1.77 bits per heavy atom. The van der Waals surface area contributed by atoms with Gasteiger partial charge in [0.15, 0.2) is 5.78 Å². The van der Waals surface area contributed by atoms with E-state index in [1.807, 2.05) is 12.2 Å². The first-order valence-electron chi connectivity index (χ1n) is 4.23. The molecule has 0 atom stereocenters. The molecule has 0 aromatic rings. The largest absolute Gasteiger partial charge is 0.308 e. The molecule has 1 aliphatic rings. The van der Waals surface area contributed by atoms with Gasteiger partial charge in [0, 0.05) is 11.8 Å². The van der Waals surface area contributed by atoms with Crippen molar-refractivity contribution in [2.75, 3.05) is 0 Å². The first-order valence-corrected chi connectivity index (χ1v) is 4.23. The monoisotopic (exact) mass is 175 g/mol. The molecule has 0 aliphatic heterocycles. The van der Waals surface area contributed by atoms with Crippen LogP contribution in [0.2, 0.25) is 0 Å². The van der Waals surface area contributed by atoms with E-state index in [2.05, 4.69) is 6.58 Å². The molecule has 0 bridgehead atoms. The number of nitrogens with one attached hydrogen (secondary N) is 1. The maximum absolute atomic E-state index is 11.1. The standard InChI is InChI=1S/C11H13NO/c1-8(7-12)6-10-4-3-5-11(10)9(2)13/h3-4,7,12H,1,5-6H2,2H3. The molecule has 0 aromatic carbocycles. The fourth-order valence-corrected chi connectivity index (χ4v) is 1.38. The van der Waals surface area contributed by atoms with Crippen LogP contribution in [0.15, 0.2) is 35.5 Å². The number of Topliss-reactive ketones (excluding diaryl/α,β-unsaturated/α-hetero) is 1. The molecule has 1 aliphatic carbocycles. The van der Waals surface area contributed by atoms with Crippen LogP contribution in [-0.4, -0.2) is 12.0 Å². The fourth-order valence-electron chi connectivity index (χ4n) is 1.38. The Bertz CT molecular complexity index is 321. The van der Waals surface area contributed by atoms with Crippen LogP contribution in [0, 0.1) is 5.41 Å². The van der Waals surface area contributed by atoms with Crippen molar-refractivity contribution in [1.82, 2.24) is 0 Å². The number of rotatable bonds is 4. The lowest BCUT2D eigenvalue weighted by molar-refractivity contribution is -0.113. The summed E-state index contributed by atoms with van der Waals surface area (Å²) in [5.74, 6) is 0.123. The summed E-state index contributed by atoms with van der Waals surface area (Å²) < 4.78 is 0. The molecule has 68 valence electrons. The average Bonchev–Trinajstić information content (AvgIpc) is 2.52. The minimum atomic E-state index is 0.123. The Kier molecular flexibility index (Phi) is 2.96. The first kappa shape index (κ1) is 9.65. The SMILES string of the molecule is C=C(C=N)CC1=C(C(C)=O)CC=C1. The molecule has 0 aromatic heterocycles. The highest BCUT2D eigenvalue weighted by molar-refractivity contribution is 5.96. The summed E-state index contributed by atoms with van der Waals surface area (Å²) in [7, 11) is 0. The van der Waals surface area contributed by atoms with Crippen LogP contribution in [0.4, 0.5) is 0 Å². The minimum Gasteiger partial charge on any atom is -0.308 e. The van der Waals surface area contributed by atoms with Crippen LogP contribution >= 0.6 is 0 Å². The molecule has 0 fully saturated rings. The van der Waals surface area contributed by atoms with Crippen molar-refractivity contribution in [2.24, 2.45) is 0 Å². The van der Waals surface area contributed by atoms with Gasteiger partial charge in [-0.05, 0) is 30.9 Å². The summed E-state index contributed by atoms with van der Waals surface area (Å²) in [4.78, 5) is 11.1. The molecule has 2 nitrogen and oxygen atoms in total. The Morgan fingerprint density at radius 3 is 3.00 bits per heavy atom. The number of hydrogen-bond donors (Lipinski definition) is 1. The molecule has 0 saturated carbocycles. The Hall–Kier alpha value is -1.44. The number of carbonyl (C=O) groups is 1. The van der Waals surface area contributed by atoms with Gasteiger partial charge in [-0.2, -0.15) is 0 Å². The molecule has 0 heterocycles. The van der Waals surface area contributed by atoms with Crippen molar-refractivity contribution in [3.63, 3.8) is 0 Å². The zero-order chi connectivity index (χ0) is 9.84. The number of ketones is 1. The van der Waals surface area contributed by atoms with E-state index in [9.17, 15) is 4.79 Å². The van der Waals surface area contributed by atoms with Crippen LogP contribution in [0.5, 0.6) is 0 Å². The number of carbonyl (C=O) groups excluding carboxylic acids is 1. The molecule has 13 heavy (non-hydrogen) atoms. The molecule has 0 unspecified atom stereocenters. The second-order valence-corrected chi connectivity index (χ2v) is 3.15. The van der Waals surface area contributed by atoms with Crippen molar-refractivity contribution in [3.05, 3.63) is 35.5 Å². The highest BCUT2D eigenvalue weighted by Gasteiger charge is 2.12. The molecule has 1 rings (SSSR count). The van der Waals surface area contributed by atoms with Crippen molar-refractivity contribution in [1.29, 1.82) is 5.41 Å². The summed E-state index contributed by atoms with van der Waals surface area (Å²) in [6.07, 6.45) is 6.51. The van der Waals surface area contributed by atoms with Gasteiger partial charge in [0.2, 0.25) is 0 Å². The molecular weight excluding hydrogens is 162 g/mol. The average molecular weight is 175 g/mol. The summed E-state index contributed by atoms with van der Waals surface area (Å²) in [6, 6.07) is 0. The summed E-state index contributed by atoms with van der Waals surface area (Å²) in [5.41, 5.74) is 2.62. The van der Waals surface area contributed by atoms with E-state index in [1.165, 1.54) is 6.21 Å². The smallest absolute Gasteiger partial charge is 0.156 e. The summed E-state index contributed by atoms with van der Waals surface area (Å²) in [5, 5.41) is 6.99.